The van der Waals surface area contributed by atoms with Crippen LogP contribution in [0.2, 0.25) is 5.02 Å². The molecule has 1 heterocycles. The summed E-state index contributed by atoms with van der Waals surface area (Å²) in [6.07, 6.45) is 0.635. The van der Waals surface area contributed by atoms with Gasteiger partial charge in [0, 0.05) is 23.6 Å². The second-order valence-corrected chi connectivity index (χ2v) is 4.44. The topological polar surface area (TPSA) is 70.6 Å². The Morgan fingerprint density at radius 1 is 1.44 bits per heavy atom. The third-order valence-electron chi connectivity index (χ3n) is 2.60. The lowest BCUT2D eigenvalue weighted by atomic mass is 10.1. The molecule has 6 heteroatoms. The van der Waals surface area contributed by atoms with Gasteiger partial charge in [-0.2, -0.15) is 5.10 Å². The Labute approximate surface area is 109 Å². The van der Waals surface area contributed by atoms with Crippen molar-refractivity contribution in [2.24, 2.45) is 5.10 Å². The number of carbonyl (C=O) groups excluding carboxylic acids is 2. The van der Waals surface area contributed by atoms with Gasteiger partial charge < -0.3 is 5.32 Å². The maximum atomic E-state index is 11.9. The Morgan fingerprint density at radius 3 is 2.83 bits per heavy atom. The molecule has 0 atom stereocenters. The van der Waals surface area contributed by atoms with E-state index in [0.29, 0.717) is 22.8 Å². The van der Waals surface area contributed by atoms with Crippen molar-refractivity contribution in [3.63, 3.8) is 0 Å². The van der Waals surface area contributed by atoms with Crippen LogP contribution in [0.4, 0.5) is 5.69 Å². The molecule has 18 heavy (non-hydrogen) atoms. The highest BCUT2D eigenvalue weighted by molar-refractivity contribution is 6.43. The number of nitrogens with zero attached hydrogens (tertiary/aromatic N) is 1. The molecule has 0 radical (unpaired) electrons. The molecule has 2 rings (SSSR count). The minimum absolute atomic E-state index is 0.172. The first-order chi connectivity index (χ1) is 8.56. The van der Waals surface area contributed by atoms with Crippen molar-refractivity contribution in [2.45, 2.75) is 19.8 Å². The van der Waals surface area contributed by atoms with Crippen molar-refractivity contribution in [1.82, 2.24) is 5.43 Å². The van der Waals surface area contributed by atoms with Gasteiger partial charge in [0.25, 0.3) is 5.91 Å². The first-order valence-corrected chi connectivity index (χ1v) is 5.87. The summed E-state index contributed by atoms with van der Waals surface area (Å²) in [5.74, 6) is -0.477. The number of hydrogen-bond donors (Lipinski definition) is 2. The SMILES string of the molecule is Cc1cc(Cl)ccc1NC(=O)C1=NNC(=O)CC1. The molecule has 0 bridgehead atoms. The molecule has 0 unspecified atom stereocenters. The van der Waals surface area contributed by atoms with Crippen LogP contribution in [0.1, 0.15) is 18.4 Å². The molecule has 1 aliphatic rings. The van der Waals surface area contributed by atoms with Gasteiger partial charge in [-0.05, 0) is 30.7 Å². The number of hydrogen-bond acceptors (Lipinski definition) is 3. The number of anilines is 1. The highest BCUT2D eigenvalue weighted by Gasteiger charge is 2.18. The summed E-state index contributed by atoms with van der Waals surface area (Å²) in [7, 11) is 0. The highest BCUT2D eigenvalue weighted by Crippen LogP contribution is 2.19. The number of amides is 2. The lowest BCUT2D eigenvalue weighted by Gasteiger charge is -2.13. The third-order valence-corrected chi connectivity index (χ3v) is 2.84. The summed E-state index contributed by atoms with van der Waals surface area (Å²) in [6, 6.07) is 5.20. The lowest BCUT2D eigenvalue weighted by molar-refractivity contribution is -0.121. The predicted octanol–water partition coefficient (Wildman–Crippen LogP) is 1.85. The average Bonchev–Trinajstić information content (AvgIpc) is 2.33. The number of benzene rings is 1. The van der Waals surface area contributed by atoms with Gasteiger partial charge in [-0.25, -0.2) is 5.43 Å². The molecule has 0 fully saturated rings. The van der Waals surface area contributed by atoms with E-state index in [9.17, 15) is 9.59 Å². The third kappa shape index (κ3) is 2.87. The number of halogens is 1. The fourth-order valence-corrected chi connectivity index (χ4v) is 1.83. The highest BCUT2D eigenvalue weighted by atomic mass is 35.5. The van der Waals surface area contributed by atoms with Crippen LogP contribution in [0.15, 0.2) is 23.3 Å². The van der Waals surface area contributed by atoms with Gasteiger partial charge >= 0.3 is 0 Å². The normalized spacial score (nSPS) is 14.8. The van der Waals surface area contributed by atoms with Gasteiger partial charge in [0.1, 0.15) is 5.71 Å². The minimum Gasteiger partial charge on any atom is -0.321 e. The van der Waals surface area contributed by atoms with Crippen LogP contribution >= 0.6 is 11.6 Å². The molecule has 0 spiro atoms. The van der Waals surface area contributed by atoms with Crippen LogP contribution in [0.5, 0.6) is 0 Å². The van der Waals surface area contributed by atoms with Gasteiger partial charge in [-0.15, -0.1) is 0 Å². The molecular weight excluding hydrogens is 254 g/mol. The van der Waals surface area contributed by atoms with Gasteiger partial charge in [-0.3, -0.25) is 9.59 Å². The van der Waals surface area contributed by atoms with Crippen LogP contribution in [0.25, 0.3) is 0 Å². The van der Waals surface area contributed by atoms with E-state index in [1.165, 1.54) is 0 Å². The standard InChI is InChI=1S/C12H12ClN3O2/c1-7-6-8(13)2-3-9(7)14-12(18)10-4-5-11(17)16-15-10/h2-3,6H,4-5H2,1H3,(H,14,18)(H,16,17). The number of carbonyl (C=O) groups is 2. The summed E-state index contributed by atoms with van der Waals surface area (Å²) < 4.78 is 0. The largest absolute Gasteiger partial charge is 0.321 e. The fourth-order valence-electron chi connectivity index (χ4n) is 1.60. The number of rotatable bonds is 2. The van der Waals surface area contributed by atoms with Crippen LogP contribution in [-0.2, 0) is 9.59 Å². The van der Waals surface area contributed by atoms with Crippen molar-refractivity contribution in [1.29, 1.82) is 0 Å². The van der Waals surface area contributed by atoms with Crippen molar-refractivity contribution in [2.75, 3.05) is 5.32 Å². The van der Waals surface area contributed by atoms with E-state index in [2.05, 4.69) is 15.8 Å². The maximum absolute atomic E-state index is 11.9. The smallest absolute Gasteiger partial charge is 0.271 e. The molecule has 94 valence electrons. The van der Waals surface area contributed by atoms with Crippen LogP contribution < -0.4 is 10.7 Å². The van der Waals surface area contributed by atoms with E-state index in [4.69, 9.17) is 11.6 Å². The van der Waals surface area contributed by atoms with Crippen LogP contribution in [0.3, 0.4) is 0 Å². The quantitative estimate of drug-likeness (QED) is 0.857. The first-order valence-electron chi connectivity index (χ1n) is 5.49. The fraction of sp³-hybridized carbons (Fsp3) is 0.250. The zero-order valence-corrected chi connectivity index (χ0v) is 10.5. The Kier molecular flexibility index (Phi) is 3.62. The molecule has 5 nitrogen and oxygen atoms in total. The minimum atomic E-state index is -0.305. The van der Waals surface area contributed by atoms with E-state index in [1.807, 2.05) is 6.92 Å². The molecule has 1 aliphatic heterocycles. The van der Waals surface area contributed by atoms with Gasteiger partial charge in [-0.1, -0.05) is 11.6 Å². The second-order valence-electron chi connectivity index (χ2n) is 4.01. The Morgan fingerprint density at radius 2 is 2.22 bits per heavy atom. The van der Waals surface area contributed by atoms with E-state index < -0.39 is 0 Å². The maximum Gasteiger partial charge on any atom is 0.271 e. The van der Waals surface area contributed by atoms with Crippen molar-refractivity contribution >= 4 is 34.8 Å². The average molecular weight is 266 g/mol. The predicted molar refractivity (Wildman–Crippen MR) is 69.6 cm³/mol. The van der Waals surface area contributed by atoms with E-state index in [-0.39, 0.29) is 18.2 Å². The van der Waals surface area contributed by atoms with Gasteiger partial charge in [0.05, 0.1) is 0 Å². The van der Waals surface area contributed by atoms with E-state index >= 15 is 0 Å². The van der Waals surface area contributed by atoms with Crippen LogP contribution in [-0.4, -0.2) is 17.5 Å². The Hall–Kier alpha value is -1.88. The zero-order valence-electron chi connectivity index (χ0n) is 9.79. The van der Waals surface area contributed by atoms with Crippen molar-refractivity contribution < 1.29 is 9.59 Å². The Balaban J connectivity index is 2.09. The zero-order chi connectivity index (χ0) is 13.1. The molecule has 1 aromatic carbocycles. The molecule has 0 saturated carbocycles. The van der Waals surface area contributed by atoms with E-state index in [1.54, 1.807) is 18.2 Å². The summed E-state index contributed by atoms with van der Waals surface area (Å²) in [4.78, 5) is 22.8. The van der Waals surface area contributed by atoms with Gasteiger partial charge in [0.15, 0.2) is 0 Å². The number of nitrogens with one attached hydrogen (secondary N) is 2. The molecule has 0 aliphatic carbocycles. The molecule has 0 aromatic heterocycles. The summed E-state index contributed by atoms with van der Waals surface area (Å²) in [6.45, 7) is 1.85. The number of hydrazone groups is 1. The summed E-state index contributed by atoms with van der Waals surface area (Å²) >= 11 is 5.83. The molecule has 2 amide bonds. The molecule has 0 saturated heterocycles. The Bertz CT molecular complexity index is 540. The van der Waals surface area contributed by atoms with E-state index in [0.717, 1.165) is 5.56 Å². The monoisotopic (exact) mass is 265 g/mol. The summed E-state index contributed by atoms with van der Waals surface area (Å²) in [5.41, 5.74) is 4.17. The molecule has 1 aromatic rings. The second kappa shape index (κ2) is 5.18. The van der Waals surface area contributed by atoms with Crippen molar-refractivity contribution in [3.8, 4) is 0 Å². The van der Waals surface area contributed by atoms with Gasteiger partial charge in [0.2, 0.25) is 5.91 Å². The number of aryl methyl sites for hydroxylation is 1. The van der Waals surface area contributed by atoms with Crippen molar-refractivity contribution in [3.05, 3.63) is 28.8 Å². The molecular formula is C12H12ClN3O2. The molecule has 2 N–H and O–H groups in total. The first kappa shape index (κ1) is 12.6. The van der Waals surface area contributed by atoms with Crippen LogP contribution in [0, 0.1) is 6.92 Å². The summed E-state index contributed by atoms with van der Waals surface area (Å²) in [5, 5.41) is 7.09. The lowest BCUT2D eigenvalue weighted by Crippen LogP contribution is -2.32.